The maximum absolute atomic E-state index is 12.0. The molecule has 2 rings (SSSR count). The van der Waals surface area contributed by atoms with Gasteiger partial charge >= 0.3 is 0 Å². The van der Waals surface area contributed by atoms with Crippen LogP contribution in [0.1, 0.15) is 63.9 Å². The highest BCUT2D eigenvalue weighted by molar-refractivity contribution is 5.91. The summed E-state index contributed by atoms with van der Waals surface area (Å²) in [5.74, 6) is 0.902. The second-order valence-corrected chi connectivity index (χ2v) is 6.30. The van der Waals surface area contributed by atoms with E-state index in [0.717, 1.165) is 43.6 Å². The Bertz CT molecular complexity index is 485. The first-order chi connectivity index (χ1) is 11.3. The summed E-state index contributed by atoms with van der Waals surface area (Å²) >= 11 is 0. The van der Waals surface area contributed by atoms with Crippen molar-refractivity contribution in [2.75, 3.05) is 6.61 Å². The lowest BCUT2D eigenvalue weighted by Gasteiger charge is -2.14. The van der Waals surface area contributed by atoms with E-state index in [9.17, 15) is 4.79 Å². The van der Waals surface area contributed by atoms with Crippen molar-refractivity contribution in [1.82, 2.24) is 5.32 Å². The Hall–Kier alpha value is -1.77. The fourth-order valence-electron chi connectivity index (χ4n) is 2.85. The fourth-order valence-corrected chi connectivity index (χ4v) is 2.85. The Morgan fingerprint density at radius 2 is 1.87 bits per heavy atom. The molecule has 0 radical (unpaired) electrons. The molecule has 23 heavy (non-hydrogen) atoms. The van der Waals surface area contributed by atoms with Gasteiger partial charge in [0.15, 0.2) is 0 Å². The molecule has 0 unspecified atom stereocenters. The van der Waals surface area contributed by atoms with E-state index < -0.39 is 0 Å². The van der Waals surface area contributed by atoms with Gasteiger partial charge in [0.05, 0.1) is 6.61 Å². The van der Waals surface area contributed by atoms with E-state index in [0.29, 0.717) is 6.04 Å². The molecule has 1 fully saturated rings. The molecule has 1 aromatic rings. The summed E-state index contributed by atoms with van der Waals surface area (Å²) in [6.45, 7) is 2.91. The summed E-state index contributed by atoms with van der Waals surface area (Å²) in [6.07, 6.45) is 13.0. The van der Waals surface area contributed by atoms with Crippen LogP contribution in [-0.2, 0) is 4.79 Å². The summed E-state index contributed by atoms with van der Waals surface area (Å²) < 4.78 is 5.64. The van der Waals surface area contributed by atoms with Crippen LogP contribution in [0.2, 0.25) is 0 Å². The summed E-state index contributed by atoms with van der Waals surface area (Å²) in [7, 11) is 0. The minimum absolute atomic E-state index is 0.0140. The SMILES string of the molecule is CCCCOc1ccc(/C=C/C(=O)NC2CCCCCC2)cc1. The number of rotatable bonds is 7. The smallest absolute Gasteiger partial charge is 0.244 e. The summed E-state index contributed by atoms with van der Waals surface area (Å²) in [5.41, 5.74) is 1.02. The van der Waals surface area contributed by atoms with Crippen LogP contribution in [0.4, 0.5) is 0 Å². The Kier molecular flexibility index (Phi) is 7.71. The Morgan fingerprint density at radius 3 is 2.52 bits per heavy atom. The molecule has 1 amide bonds. The topological polar surface area (TPSA) is 38.3 Å². The number of amides is 1. The van der Waals surface area contributed by atoms with Crippen molar-refractivity contribution >= 4 is 12.0 Å². The predicted molar refractivity (Wildman–Crippen MR) is 95.5 cm³/mol. The van der Waals surface area contributed by atoms with Crippen molar-refractivity contribution in [3.8, 4) is 5.75 Å². The molecular weight excluding hydrogens is 286 g/mol. The average molecular weight is 315 g/mol. The number of hydrogen-bond donors (Lipinski definition) is 1. The molecule has 0 heterocycles. The quantitative estimate of drug-likeness (QED) is 0.449. The molecule has 1 N–H and O–H groups in total. The highest BCUT2D eigenvalue weighted by Gasteiger charge is 2.12. The maximum Gasteiger partial charge on any atom is 0.244 e. The number of ether oxygens (including phenoxy) is 1. The van der Waals surface area contributed by atoms with Crippen LogP contribution in [0.5, 0.6) is 5.75 Å². The number of carbonyl (C=O) groups is 1. The van der Waals surface area contributed by atoms with E-state index in [1.165, 1.54) is 25.7 Å². The Labute approximate surface area is 140 Å². The van der Waals surface area contributed by atoms with Gasteiger partial charge in [-0.05, 0) is 43.0 Å². The normalized spacial score (nSPS) is 16.2. The van der Waals surface area contributed by atoms with Gasteiger partial charge in [0.2, 0.25) is 5.91 Å². The third-order valence-corrected chi connectivity index (χ3v) is 4.28. The molecule has 1 saturated carbocycles. The van der Waals surface area contributed by atoms with Crippen molar-refractivity contribution in [2.45, 2.75) is 64.3 Å². The van der Waals surface area contributed by atoms with Crippen molar-refractivity contribution in [3.63, 3.8) is 0 Å². The van der Waals surface area contributed by atoms with Crippen molar-refractivity contribution in [3.05, 3.63) is 35.9 Å². The van der Waals surface area contributed by atoms with Crippen molar-refractivity contribution < 1.29 is 9.53 Å². The molecule has 0 spiro atoms. The van der Waals surface area contributed by atoms with Gasteiger partial charge in [-0.25, -0.2) is 0 Å². The van der Waals surface area contributed by atoms with Gasteiger partial charge in [-0.15, -0.1) is 0 Å². The van der Waals surface area contributed by atoms with Crippen LogP contribution < -0.4 is 10.1 Å². The van der Waals surface area contributed by atoms with E-state index >= 15 is 0 Å². The van der Waals surface area contributed by atoms with Crippen LogP contribution in [0, 0.1) is 0 Å². The van der Waals surface area contributed by atoms with Gasteiger partial charge in [0.1, 0.15) is 5.75 Å². The van der Waals surface area contributed by atoms with E-state index in [-0.39, 0.29) is 5.91 Å². The molecule has 0 bridgehead atoms. The van der Waals surface area contributed by atoms with Crippen LogP contribution >= 0.6 is 0 Å². The third kappa shape index (κ3) is 6.89. The molecule has 1 aliphatic rings. The minimum Gasteiger partial charge on any atom is -0.494 e. The highest BCUT2D eigenvalue weighted by Crippen LogP contribution is 2.17. The van der Waals surface area contributed by atoms with E-state index in [2.05, 4.69) is 12.2 Å². The maximum atomic E-state index is 12.0. The lowest BCUT2D eigenvalue weighted by atomic mass is 10.1. The lowest BCUT2D eigenvalue weighted by molar-refractivity contribution is -0.117. The summed E-state index contributed by atoms with van der Waals surface area (Å²) in [4.78, 5) is 12.0. The van der Waals surface area contributed by atoms with E-state index in [1.54, 1.807) is 6.08 Å². The van der Waals surface area contributed by atoms with Gasteiger partial charge < -0.3 is 10.1 Å². The van der Waals surface area contributed by atoms with E-state index in [4.69, 9.17) is 4.74 Å². The molecule has 3 nitrogen and oxygen atoms in total. The number of unbranched alkanes of at least 4 members (excludes halogenated alkanes) is 1. The van der Waals surface area contributed by atoms with Crippen LogP contribution in [0.3, 0.4) is 0 Å². The minimum atomic E-state index is 0.0140. The Balaban J connectivity index is 1.78. The van der Waals surface area contributed by atoms with Gasteiger partial charge in [-0.2, -0.15) is 0 Å². The number of benzene rings is 1. The third-order valence-electron chi connectivity index (χ3n) is 4.28. The molecule has 1 aromatic carbocycles. The zero-order valence-electron chi connectivity index (χ0n) is 14.2. The molecule has 0 saturated heterocycles. The summed E-state index contributed by atoms with van der Waals surface area (Å²) in [6, 6.07) is 8.23. The van der Waals surface area contributed by atoms with Gasteiger partial charge in [-0.3, -0.25) is 4.79 Å². The van der Waals surface area contributed by atoms with Crippen LogP contribution in [0.15, 0.2) is 30.3 Å². The second kappa shape index (κ2) is 10.1. The second-order valence-electron chi connectivity index (χ2n) is 6.30. The summed E-state index contributed by atoms with van der Waals surface area (Å²) in [5, 5.41) is 3.12. The predicted octanol–water partition coefficient (Wildman–Crippen LogP) is 4.72. The van der Waals surface area contributed by atoms with Crippen LogP contribution in [0.25, 0.3) is 6.08 Å². The molecule has 0 aromatic heterocycles. The number of nitrogens with one attached hydrogen (secondary N) is 1. The molecule has 1 aliphatic carbocycles. The average Bonchev–Trinajstić information content (AvgIpc) is 2.83. The lowest BCUT2D eigenvalue weighted by Crippen LogP contribution is -2.33. The molecular formula is C20H29NO2. The highest BCUT2D eigenvalue weighted by atomic mass is 16.5. The zero-order chi connectivity index (χ0) is 16.3. The monoisotopic (exact) mass is 315 g/mol. The first-order valence-corrected chi connectivity index (χ1v) is 8.99. The first kappa shape index (κ1) is 17.6. The largest absolute Gasteiger partial charge is 0.494 e. The van der Waals surface area contributed by atoms with Gasteiger partial charge in [0.25, 0.3) is 0 Å². The molecule has 126 valence electrons. The number of hydrogen-bond acceptors (Lipinski definition) is 2. The van der Waals surface area contributed by atoms with Gasteiger partial charge in [-0.1, -0.05) is 51.2 Å². The van der Waals surface area contributed by atoms with Crippen molar-refractivity contribution in [2.24, 2.45) is 0 Å². The van der Waals surface area contributed by atoms with Crippen molar-refractivity contribution in [1.29, 1.82) is 0 Å². The molecule has 3 heteroatoms. The molecule has 0 aliphatic heterocycles. The zero-order valence-corrected chi connectivity index (χ0v) is 14.2. The Morgan fingerprint density at radius 1 is 1.17 bits per heavy atom. The van der Waals surface area contributed by atoms with Gasteiger partial charge in [0, 0.05) is 12.1 Å². The number of carbonyl (C=O) groups excluding carboxylic acids is 1. The first-order valence-electron chi connectivity index (χ1n) is 8.99. The van der Waals surface area contributed by atoms with Crippen LogP contribution in [-0.4, -0.2) is 18.6 Å². The molecule has 0 atom stereocenters. The standard InChI is InChI=1S/C20H29NO2/c1-2-3-16-23-19-13-10-17(11-14-19)12-15-20(22)21-18-8-6-4-5-7-9-18/h10-15,18H,2-9,16H2,1H3,(H,21,22)/b15-12+. The van der Waals surface area contributed by atoms with E-state index in [1.807, 2.05) is 30.3 Å². The fraction of sp³-hybridized carbons (Fsp3) is 0.550.